The van der Waals surface area contributed by atoms with Crippen molar-refractivity contribution in [3.8, 4) is 0 Å². The van der Waals surface area contributed by atoms with Crippen LogP contribution in [0.4, 0.5) is 0 Å². The Morgan fingerprint density at radius 1 is 1.28 bits per heavy atom. The van der Waals surface area contributed by atoms with Gasteiger partial charge in [0.15, 0.2) is 17.3 Å². The normalized spacial score (nSPS) is 34.8. The first kappa shape index (κ1) is 12.4. The Bertz CT molecular complexity index is 468. The van der Waals surface area contributed by atoms with Gasteiger partial charge in [0.1, 0.15) is 6.04 Å². The van der Waals surface area contributed by atoms with Gasteiger partial charge < -0.3 is 10.3 Å². The second-order valence-corrected chi connectivity index (χ2v) is 4.48. The molecule has 0 aromatic carbocycles. The van der Waals surface area contributed by atoms with Crippen LogP contribution >= 0.6 is 0 Å². The predicted molar refractivity (Wildman–Crippen MR) is 60.4 cm³/mol. The number of ketones is 2. The van der Waals surface area contributed by atoms with Crippen molar-refractivity contribution in [2.24, 2.45) is 22.2 Å². The molecule has 0 saturated heterocycles. The van der Waals surface area contributed by atoms with Crippen molar-refractivity contribution in [2.45, 2.75) is 25.3 Å². The van der Waals surface area contributed by atoms with Gasteiger partial charge in [0.25, 0.3) is 0 Å². The molecule has 2 aliphatic rings. The predicted octanol–water partition coefficient (Wildman–Crippen LogP) is 0.962. The van der Waals surface area contributed by atoms with Crippen molar-refractivity contribution in [1.82, 2.24) is 0 Å². The van der Waals surface area contributed by atoms with E-state index in [-0.39, 0.29) is 12.3 Å². The number of aliphatic hydroxyl groups is 1. The van der Waals surface area contributed by atoms with Gasteiger partial charge in [-0.2, -0.15) is 4.91 Å². The molecule has 3 unspecified atom stereocenters. The Balaban J connectivity index is 2.40. The Hall–Kier alpha value is -2.05. The molecule has 0 bridgehead atoms. The molecule has 0 radical (unpaired) electrons. The molecular weight excluding hydrogens is 240 g/mol. The fourth-order valence-corrected chi connectivity index (χ4v) is 2.59. The molecule has 1 saturated carbocycles. The zero-order chi connectivity index (χ0) is 13.3. The molecule has 0 spiro atoms. The lowest BCUT2D eigenvalue weighted by atomic mass is 9.72. The van der Waals surface area contributed by atoms with E-state index in [0.717, 1.165) is 0 Å². The van der Waals surface area contributed by atoms with Crippen LogP contribution in [0.2, 0.25) is 0 Å². The van der Waals surface area contributed by atoms with Gasteiger partial charge in [0.05, 0.1) is 5.92 Å². The highest BCUT2D eigenvalue weighted by Crippen LogP contribution is 2.35. The standard InChI is InChI=1S/C11H12N2O5/c14-7-3-1-2-5-4-6(12-17)9(13-18)11(16)8(5)10(7)15/h3,5-6,8,14,18H,1-2,4H2. The lowest BCUT2D eigenvalue weighted by molar-refractivity contribution is -0.131. The molecule has 0 amide bonds. The summed E-state index contributed by atoms with van der Waals surface area (Å²) in [7, 11) is 0. The van der Waals surface area contributed by atoms with Gasteiger partial charge >= 0.3 is 0 Å². The summed E-state index contributed by atoms with van der Waals surface area (Å²) in [5.74, 6) is -3.24. The molecule has 0 aliphatic heterocycles. The van der Waals surface area contributed by atoms with Crippen LogP contribution in [0.5, 0.6) is 0 Å². The molecule has 0 aromatic rings. The van der Waals surface area contributed by atoms with Gasteiger partial charge in [-0.15, -0.1) is 0 Å². The van der Waals surface area contributed by atoms with Crippen LogP contribution in [0.25, 0.3) is 0 Å². The summed E-state index contributed by atoms with van der Waals surface area (Å²) >= 11 is 0. The van der Waals surface area contributed by atoms with Gasteiger partial charge in [0.2, 0.25) is 5.78 Å². The second kappa shape index (κ2) is 4.67. The Morgan fingerprint density at radius 3 is 2.61 bits per heavy atom. The Morgan fingerprint density at radius 2 is 2.00 bits per heavy atom. The van der Waals surface area contributed by atoms with E-state index < -0.39 is 35.0 Å². The van der Waals surface area contributed by atoms with E-state index in [4.69, 9.17) is 5.21 Å². The number of Topliss-reactive ketones (excluding diaryl/α,β-unsaturated/α-hetero) is 2. The highest BCUT2D eigenvalue weighted by molar-refractivity contribution is 6.46. The minimum Gasteiger partial charge on any atom is -0.505 e. The van der Waals surface area contributed by atoms with Crippen LogP contribution in [-0.4, -0.2) is 33.6 Å². The van der Waals surface area contributed by atoms with Crippen molar-refractivity contribution >= 4 is 17.3 Å². The minimum atomic E-state index is -1.06. The lowest BCUT2D eigenvalue weighted by Crippen LogP contribution is -2.46. The van der Waals surface area contributed by atoms with Crippen LogP contribution in [0.3, 0.4) is 0 Å². The molecule has 18 heavy (non-hydrogen) atoms. The molecule has 0 heterocycles. The van der Waals surface area contributed by atoms with Gasteiger partial charge in [0, 0.05) is 0 Å². The average Bonchev–Trinajstić information content (AvgIpc) is 2.50. The molecule has 7 nitrogen and oxygen atoms in total. The summed E-state index contributed by atoms with van der Waals surface area (Å²) in [5, 5.41) is 23.8. The quantitative estimate of drug-likeness (QED) is 0.312. The number of fused-ring (bicyclic) bond motifs is 1. The number of allylic oxidation sites excluding steroid dienone is 2. The number of carbonyl (C=O) groups excluding carboxylic acids is 2. The van der Waals surface area contributed by atoms with E-state index >= 15 is 0 Å². The first-order chi connectivity index (χ1) is 8.60. The van der Waals surface area contributed by atoms with Crippen molar-refractivity contribution < 1.29 is 19.9 Å². The van der Waals surface area contributed by atoms with Crippen molar-refractivity contribution in [3.63, 3.8) is 0 Å². The fraction of sp³-hybridized carbons (Fsp3) is 0.545. The molecule has 96 valence electrons. The van der Waals surface area contributed by atoms with Crippen molar-refractivity contribution in [3.05, 3.63) is 16.7 Å². The third kappa shape index (κ3) is 1.81. The minimum absolute atomic E-state index is 0.187. The van der Waals surface area contributed by atoms with Gasteiger partial charge in [-0.3, -0.25) is 9.59 Å². The van der Waals surface area contributed by atoms with E-state index in [0.29, 0.717) is 12.8 Å². The van der Waals surface area contributed by atoms with Gasteiger partial charge in [-0.05, 0) is 31.3 Å². The first-order valence-corrected chi connectivity index (χ1v) is 5.62. The molecule has 2 N–H and O–H groups in total. The largest absolute Gasteiger partial charge is 0.505 e. The third-order valence-corrected chi connectivity index (χ3v) is 3.49. The molecule has 2 aliphatic carbocycles. The van der Waals surface area contributed by atoms with Gasteiger partial charge in [-0.25, -0.2) is 0 Å². The number of nitroso groups, excluding NO2 is 1. The topological polar surface area (TPSA) is 116 Å². The number of hydrogen-bond acceptors (Lipinski definition) is 7. The summed E-state index contributed by atoms with van der Waals surface area (Å²) in [6.45, 7) is 0. The van der Waals surface area contributed by atoms with E-state index in [2.05, 4.69) is 10.3 Å². The summed E-state index contributed by atoms with van der Waals surface area (Å²) in [6, 6.07) is -1.02. The van der Waals surface area contributed by atoms with Crippen LogP contribution < -0.4 is 0 Å². The average molecular weight is 252 g/mol. The molecule has 1 fully saturated rings. The summed E-state index contributed by atoms with van der Waals surface area (Å²) in [4.78, 5) is 34.5. The summed E-state index contributed by atoms with van der Waals surface area (Å²) < 4.78 is 0. The smallest absolute Gasteiger partial charge is 0.207 e. The zero-order valence-electron chi connectivity index (χ0n) is 9.44. The monoisotopic (exact) mass is 252 g/mol. The maximum Gasteiger partial charge on any atom is 0.207 e. The molecular formula is C11H12N2O5. The number of rotatable bonds is 1. The summed E-state index contributed by atoms with van der Waals surface area (Å²) in [6.07, 6.45) is 2.53. The maximum absolute atomic E-state index is 12.0. The second-order valence-electron chi connectivity index (χ2n) is 4.48. The number of oxime groups is 1. The molecule has 0 aromatic heterocycles. The SMILES string of the molecule is O=NC1CC2CCC=C(O)C(=O)C2C(=O)C1=NO. The van der Waals surface area contributed by atoms with Crippen molar-refractivity contribution in [2.75, 3.05) is 0 Å². The van der Waals surface area contributed by atoms with Crippen molar-refractivity contribution in [1.29, 1.82) is 0 Å². The Labute approximate surface area is 102 Å². The maximum atomic E-state index is 12.0. The summed E-state index contributed by atoms with van der Waals surface area (Å²) in [5.41, 5.74) is -0.394. The van der Waals surface area contributed by atoms with E-state index in [1.165, 1.54) is 6.08 Å². The molecule has 7 heteroatoms. The fourth-order valence-electron chi connectivity index (χ4n) is 2.59. The number of hydrogen-bond donors (Lipinski definition) is 2. The zero-order valence-corrected chi connectivity index (χ0v) is 9.44. The van der Waals surface area contributed by atoms with Crippen LogP contribution in [-0.2, 0) is 9.59 Å². The third-order valence-electron chi connectivity index (χ3n) is 3.49. The highest BCUT2D eigenvalue weighted by atomic mass is 16.4. The van der Waals surface area contributed by atoms with E-state index in [1.54, 1.807) is 0 Å². The number of carbonyl (C=O) groups is 2. The van der Waals surface area contributed by atoms with Crippen LogP contribution in [0.1, 0.15) is 19.3 Å². The van der Waals surface area contributed by atoms with Crippen LogP contribution in [0, 0.1) is 16.7 Å². The lowest BCUT2D eigenvalue weighted by Gasteiger charge is -2.30. The molecule has 3 atom stereocenters. The van der Waals surface area contributed by atoms with E-state index in [9.17, 15) is 19.6 Å². The Kier molecular flexibility index (Phi) is 3.22. The molecule has 2 rings (SSSR count). The van der Waals surface area contributed by atoms with E-state index in [1.807, 2.05) is 0 Å². The van der Waals surface area contributed by atoms with Crippen LogP contribution in [0.15, 0.2) is 22.2 Å². The van der Waals surface area contributed by atoms with Gasteiger partial charge in [-0.1, -0.05) is 10.3 Å². The number of nitrogens with zero attached hydrogens (tertiary/aromatic N) is 2. The number of aliphatic hydroxyl groups excluding tert-OH is 1. The highest BCUT2D eigenvalue weighted by Gasteiger charge is 2.47. The first-order valence-electron chi connectivity index (χ1n) is 5.62.